The lowest BCUT2D eigenvalue weighted by molar-refractivity contribution is 0.213. The Bertz CT molecular complexity index is 740. The first-order chi connectivity index (χ1) is 13.0. The van der Waals surface area contributed by atoms with Gasteiger partial charge >= 0.3 is 0 Å². The van der Waals surface area contributed by atoms with Gasteiger partial charge in [0.05, 0.1) is 0 Å². The highest BCUT2D eigenvalue weighted by molar-refractivity contribution is 5.96. The number of hydrogen-bond acceptors (Lipinski definition) is 6. The molecule has 0 radical (unpaired) electrons. The fourth-order valence-electron chi connectivity index (χ4n) is 2.32. The number of oxime groups is 1. The zero-order valence-corrected chi connectivity index (χ0v) is 17.3. The minimum Gasteiger partial charge on any atom is -0.490 e. The van der Waals surface area contributed by atoms with Gasteiger partial charge in [-0.3, -0.25) is 0 Å². The summed E-state index contributed by atoms with van der Waals surface area (Å²) in [6, 6.07) is 3.92. The van der Waals surface area contributed by atoms with Gasteiger partial charge in [0.25, 0.3) is 0 Å². The average Bonchev–Trinajstić information content (AvgIpc) is 3.12. The Morgan fingerprint density at radius 1 is 1.19 bits per heavy atom. The smallest absolute Gasteiger partial charge is 0.232 e. The van der Waals surface area contributed by atoms with Gasteiger partial charge in [-0.2, -0.15) is 0 Å². The van der Waals surface area contributed by atoms with Crippen LogP contribution in [0, 0.1) is 13.8 Å². The number of benzene rings is 1. The summed E-state index contributed by atoms with van der Waals surface area (Å²) < 4.78 is 17.0. The Morgan fingerprint density at radius 3 is 2.44 bits per heavy atom. The number of nitrogens with zero attached hydrogens (tertiary/aromatic N) is 2. The van der Waals surface area contributed by atoms with Crippen molar-refractivity contribution in [3.63, 3.8) is 0 Å². The van der Waals surface area contributed by atoms with E-state index < -0.39 is 0 Å². The first-order valence-corrected chi connectivity index (χ1v) is 9.05. The summed E-state index contributed by atoms with van der Waals surface area (Å²) in [6.45, 7) is 12.5. The third-order valence-electron chi connectivity index (χ3n) is 3.51. The van der Waals surface area contributed by atoms with Crippen molar-refractivity contribution in [2.75, 3.05) is 13.7 Å². The van der Waals surface area contributed by atoms with Crippen molar-refractivity contribution >= 4 is 5.71 Å². The molecular formula is C21H30N2O4. The second-order valence-electron chi connectivity index (χ2n) is 5.54. The molecule has 27 heavy (non-hydrogen) atoms. The first-order valence-electron chi connectivity index (χ1n) is 9.05. The van der Waals surface area contributed by atoms with Crippen LogP contribution in [0.15, 0.2) is 40.1 Å². The fraction of sp³-hybridized carbons (Fsp3) is 0.429. The molecule has 0 aliphatic carbocycles. The maximum Gasteiger partial charge on any atom is 0.232 e. The van der Waals surface area contributed by atoms with E-state index in [0.717, 1.165) is 22.6 Å². The normalized spacial score (nSPS) is 11.1. The molecule has 0 aliphatic rings. The average molecular weight is 374 g/mol. The highest BCUT2D eigenvalue weighted by Gasteiger charge is 2.11. The summed E-state index contributed by atoms with van der Waals surface area (Å²) in [7, 11) is 1.49. The summed E-state index contributed by atoms with van der Waals surface area (Å²) in [5.74, 6) is 2.11. The second-order valence-corrected chi connectivity index (χ2v) is 5.54. The number of allylic oxidation sites excluding steroid dienone is 1. The van der Waals surface area contributed by atoms with Gasteiger partial charge in [0.1, 0.15) is 42.9 Å². The molecular weight excluding hydrogens is 344 g/mol. The van der Waals surface area contributed by atoms with Crippen molar-refractivity contribution in [3.8, 4) is 11.5 Å². The van der Waals surface area contributed by atoms with E-state index in [1.807, 2.05) is 58.9 Å². The Morgan fingerprint density at radius 2 is 1.85 bits per heavy atom. The van der Waals surface area contributed by atoms with Crippen molar-refractivity contribution in [1.82, 2.24) is 4.98 Å². The molecule has 1 heterocycles. The van der Waals surface area contributed by atoms with Crippen LogP contribution in [0.1, 0.15) is 50.4 Å². The molecule has 0 N–H and O–H groups in total. The molecule has 0 unspecified atom stereocenters. The first kappa shape index (κ1) is 22.3. The maximum absolute atomic E-state index is 5.89. The van der Waals surface area contributed by atoms with E-state index in [9.17, 15) is 0 Å². The molecule has 0 amide bonds. The molecule has 0 fully saturated rings. The second kappa shape index (κ2) is 11.8. The van der Waals surface area contributed by atoms with Gasteiger partial charge in [0, 0.05) is 0 Å². The van der Waals surface area contributed by atoms with Crippen LogP contribution in [0.3, 0.4) is 0 Å². The van der Waals surface area contributed by atoms with Crippen LogP contribution in [0.2, 0.25) is 0 Å². The molecule has 0 aliphatic heterocycles. The highest BCUT2D eigenvalue weighted by atomic mass is 16.6. The molecule has 0 saturated carbocycles. The van der Waals surface area contributed by atoms with E-state index in [0.29, 0.717) is 23.9 Å². The Hall–Kier alpha value is -2.76. The van der Waals surface area contributed by atoms with Gasteiger partial charge in [0.2, 0.25) is 5.89 Å². The van der Waals surface area contributed by atoms with Crippen LogP contribution in [-0.2, 0) is 11.4 Å². The van der Waals surface area contributed by atoms with Crippen molar-refractivity contribution in [1.29, 1.82) is 0 Å². The number of oxazole rings is 1. The topological polar surface area (TPSA) is 66.1 Å². The monoisotopic (exact) mass is 374 g/mol. The quantitative estimate of drug-likeness (QED) is 0.360. The molecule has 0 bridgehead atoms. The predicted molar refractivity (Wildman–Crippen MR) is 108 cm³/mol. The number of hydrogen-bond donors (Lipinski definition) is 0. The van der Waals surface area contributed by atoms with Crippen LogP contribution < -0.4 is 9.47 Å². The highest BCUT2D eigenvalue weighted by Crippen LogP contribution is 2.29. The zero-order valence-electron chi connectivity index (χ0n) is 17.3. The van der Waals surface area contributed by atoms with E-state index in [2.05, 4.69) is 10.1 Å². The standard InChI is InChI=1S/C19H24N2O4.C2H6/c1-6-7-8-23-16-9-13(2)19(14(3)10-16)25-12-18-20-17(11-24-18)15(4)21-22-5;1-2/h6-7,9-11H,8,12H2,1-5H3;1-2H3/b7-6+,21-15-;. The Labute approximate surface area is 161 Å². The van der Waals surface area contributed by atoms with Crippen molar-refractivity contribution in [2.24, 2.45) is 5.16 Å². The molecule has 1 aromatic carbocycles. The summed E-state index contributed by atoms with van der Waals surface area (Å²) in [4.78, 5) is 9.07. The number of rotatable bonds is 8. The Kier molecular flexibility index (Phi) is 9.72. The molecule has 2 rings (SSSR count). The molecule has 0 saturated heterocycles. The zero-order chi connectivity index (χ0) is 20.2. The summed E-state index contributed by atoms with van der Waals surface area (Å²) >= 11 is 0. The van der Waals surface area contributed by atoms with Gasteiger partial charge in [0.15, 0.2) is 6.61 Å². The third kappa shape index (κ3) is 6.81. The third-order valence-corrected chi connectivity index (χ3v) is 3.51. The van der Waals surface area contributed by atoms with Gasteiger partial charge < -0.3 is 18.7 Å². The SMILES string of the molecule is C/C=C/COc1cc(C)c(OCc2nc(/C(C)=N\OC)co2)c(C)c1.CC. The Balaban J connectivity index is 0.00000176. The minimum atomic E-state index is 0.237. The fourth-order valence-corrected chi connectivity index (χ4v) is 2.32. The van der Waals surface area contributed by atoms with Gasteiger partial charge in [-0.05, 0) is 51.0 Å². The summed E-state index contributed by atoms with van der Waals surface area (Å²) in [6.07, 6.45) is 5.46. The molecule has 0 spiro atoms. The van der Waals surface area contributed by atoms with E-state index >= 15 is 0 Å². The van der Waals surface area contributed by atoms with E-state index in [1.54, 1.807) is 6.92 Å². The maximum atomic E-state index is 5.89. The molecule has 2 aromatic rings. The molecule has 6 heteroatoms. The molecule has 1 aromatic heterocycles. The summed E-state index contributed by atoms with van der Waals surface area (Å²) in [5.41, 5.74) is 3.27. The molecule has 148 valence electrons. The lowest BCUT2D eigenvalue weighted by Gasteiger charge is -2.13. The lowest BCUT2D eigenvalue weighted by Crippen LogP contribution is -2.02. The predicted octanol–water partition coefficient (Wildman–Crippen LogP) is 5.22. The van der Waals surface area contributed by atoms with Crippen molar-refractivity contribution in [3.05, 3.63) is 53.3 Å². The van der Waals surface area contributed by atoms with E-state index in [4.69, 9.17) is 18.7 Å². The van der Waals surface area contributed by atoms with Gasteiger partial charge in [-0.1, -0.05) is 31.2 Å². The largest absolute Gasteiger partial charge is 0.490 e. The van der Waals surface area contributed by atoms with Gasteiger partial charge in [-0.15, -0.1) is 0 Å². The van der Waals surface area contributed by atoms with Crippen molar-refractivity contribution in [2.45, 2.75) is 48.1 Å². The van der Waals surface area contributed by atoms with Gasteiger partial charge in [-0.25, -0.2) is 4.98 Å². The molecule has 0 atom stereocenters. The minimum absolute atomic E-state index is 0.237. The van der Waals surface area contributed by atoms with Crippen LogP contribution in [0.5, 0.6) is 11.5 Å². The van der Waals surface area contributed by atoms with Crippen LogP contribution in [0.25, 0.3) is 0 Å². The van der Waals surface area contributed by atoms with E-state index in [-0.39, 0.29) is 6.61 Å². The van der Waals surface area contributed by atoms with Crippen LogP contribution in [0.4, 0.5) is 0 Å². The van der Waals surface area contributed by atoms with Crippen LogP contribution >= 0.6 is 0 Å². The van der Waals surface area contributed by atoms with E-state index in [1.165, 1.54) is 13.4 Å². The number of ether oxygens (including phenoxy) is 2. The lowest BCUT2D eigenvalue weighted by atomic mass is 10.1. The molecule has 6 nitrogen and oxygen atoms in total. The number of aryl methyl sites for hydroxylation is 2. The summed E-state index contributed by atoms with van der Waals surface area (Å²) in [5, 5.41) is 3.83. The van der Waals surface area contributed by atoms with Crippen molar-refractivity contribution < 1.29 is 18.7 Å². The van der Waals surface area contributed by atoms with Crippen LogP contribution in [-0.4, -0.2) is 24.4 Å². The number of aromatic nitrogens is 1.